The van der Waals surface area contributed by atoms with Crippen molar-refractivity contribution in [2.75, 3.05) is 0 Å². The molecule has 0 aliphatic heterocycles. The Morgan fingerprint density at radius 2 is 1.97 bits per heavy atom. The number of nitrogens with zero attached hydrogens (tertiary/aromatic N) is 4. The predicted octanol–water partition coefficient (Wildman–Crippen LogP) is 6.19. The van der Waals surface area contributed by atoms with Crippen LogP contribution in [0.3, 0.4) is 0 Å². The van der Waals surface area contributed by atoms with Gasteiger partial charge in [0, 0.05) is 23.0 Å². The first-order chi connectivity index (χ1) is 16.6. The summed E-state index contributed by atoms with van der Waals surface area (Å²) in [4.78, 5) is 22.6. The third-order valence-corrected chi connectivity index (χ3v) is 7.49. The van der Waals surface area contributed by atoms with Gasteiger partial charge in [0.05, 0.1) is 34.1 Å². The van der Waals surface area contributed by atoms with Gasteiger partial charge in [0.15, 0.2) is 0 Å². The summed E-state index contributed by atoms with van der Waals surface area (Å²) >= 11 is 1.65. The second-order valence-electron chi connectivity index (χ2n) is 8.97. The summed E-state index contributed by atoms with van der Waals surface area (Å²) in [7, 11) is 0. The number of ketones is 1. The average Bonchev–Trinajstić information content (AvgIpc) is 3.35. The number of aromatic nitrogens is 4. The Balaban J connectivity index is 1.74. The van der Waals surface area contributed by atoms with E-state index in [2.05, 4.69) is 54.9 Å². The molecule has 0 spiro atoms. The lowest BCUT2D eigenvalue weighted by molar-refractivity contribution is -0.116. The molecule has 1 aromatic carbocycles. The molecule has 0 bridgehead atoms. The Kier molecular flexibility index (Phi) is 6.42. The van der Waals surface area contributed by atoms with E-state index in [4.69, 9.17) is 15.1 Å². The number of benzene rings is 1. The smallest absolute Gasteiger partial charge is 0.136 e. The van der Waals surface area contributed by atoms with Gasteiger partial charge < -0.3 is 0 Å². The molecule has 0 amide bonds. The highest BCUT2D eigenvalue weighted by Gasteiger charge is 2.29. The van der Waals surface area contributed by atoms with Crippen molar-refractivity contribution in [1.29, 1.82) is 0 Å². The summed E-state index contributed by atoms with van der Waals surface area (Å²) in [5.41, 5.74) is 9.03. The van der Waals surface area contributed by atoms with Crippen molar-refractivity contribution in [3.8, 4) is 27.5 Å². The average molecular weight is 471 g/mol. The van der Waals surface area contributed by atoms with Crippen molar-refractivity contribution in [3.05, 3.63) is 70.1 Å². The van der Waals surface area contributed by atoms with Gasteiger partial charge in [-0.25, -0.2) is 9.67 Å². The van der Waals surface area contributed by atoms with Crippen molar-refractivity contribution in [3.63, 3.8) is 0 Å². The van der Waals surface area contributed by atoms with Crippen molar-refractivity contribution in [1.82, 2.24) is 19.7 Å². The van der Waals surface area contributed by atoms with Crippen LogP contribution in [0.4, 0.5) is 0 Å². The molecule has 1 aliphatic carbocycles. The fourth-order valence-corrected chi connectivity index (χ4v) is 6.03. The summed E-state index contributed by atoms with van der Waals surface area (Å²) in [5.74, 6) is 0.146. The van der Waals surface area contributed by atoms with Crippen LogP contribution in [0.25, 0.3) is 27.5 Å². The van der Waals surface area contributed by atoms with Crippen LogP contribution < -0.4 is 0 Å². The SMILES string of the molecule is CCCc1ccc(-c2nn(-c3ccccc3CC)c3c2CCCc2nc(CC(C)=O)sc2-3)cn1. The highest BCUT2D eigenvalue weighted by atomic mass is 32.1. The molecule has 0 fully saturated rings. The Morgan fingerprint density at radius 3 is 2.71 bits per heavy atom. The molecule has 3 aromatic heterocycles. The van der Waals surface area contributed by atoms with Gasteiger partial charge in [-0.3, -0.25) is 9.78 Å². The number of pyridine rings is 1. The number of carbonyl (C=O) groups is 1. The van der Waals surface area contributed by atoms with Crippen LogP contribution in [-0.2, 0) is 36.9 Å². The molecular formula is C28H30N4OS. The summed E-state index contributed by atoms with van der Waals surface area (Å²) in [6, 6.07) is 12.8. The molecule has 3 heterocycles. The van der Waals surface area contributed by atoms with E-state index in [-0.39, 0.29) is 5.78 Å². The van der Waals surface area contributed by atoms with Crippen molar-refractivity contribution in [2.45, 2.75) is 65.7 Å². The lowest BCUT2D eigenvalue weighted by Crippen LogP contribution is -2.03. The highest BCUT2D eigenvalue weighted by Crippen LogP contribution is 2.42. The summed E-state index contributed by atoms with van der Waals surface area (Å²) < 4.78 is 2.13. The van der Waals surface area contributed by atoms with E-state index >= 15 is 0 Å². The topological polar surface area (TPSA) is 60.7 Å². The lowest BCUT2D eigenvalue weighted by atomic mass is 10.0. The fourth-order valence-electron chi connectivity index (χ4n) is 4.79. The first-order valence-corrected chi connectivity index (χ1v) is 13.0. The number of para-hydroxylation sites is 1. The molecule has 0 unspecified atom stereocenters. The molecule has 5 nitrogen and oxygen atoms in total. The van der Waals surface area contributed by atoms with E-state index in [1.807, 2.05) is 6.20 Å². The van der Waals surface area contributed by atoms with Crippen molar-refractivity contribution < 1.29 is 4.79 Å². The van der Waals surface area contributed by atoms with Crippen molar-refractivity contribution in [2.24, 2.45) is 0 Å². The molecule has 0 saturated carbocycles. The van der Waals surface area contributed by atoms with Gasteiger partial charge in [-0.2, -0.15) is 5.10 Å². The van der Waals surface area contributed by atoms with Crippen LogP contribution in [-0.4, -0.2) is 25.5 Å². The summed E-state index contributed by atoms with van der Waals surface area (Å²) in [5, 5.41) is 6.11. The molecule has 0 atom stereocenters. The number of aryl methyl sites for hydroxylation is 3. The van der Waals surface area contributed by atoms with Crippen molar-refractivity contribution >= 4 is 17.1 Å². The number of Topliss-reactive ketones (excluding diaryl/α,β-unsaturated/α-hetero) is 1. The van der Waals surface area contributed by atoms with Crippen LogP contribution in [0.1, 0.15) is 61.1 Å². The highest BCUT2D eigenvalue weighted by molar-refractivity contribution is 7.15. The van der Waals surface area contributed by atoms with E-state index in [0.717, 1.165) is 82.4 Å². The molecular weight excluding hydrogens is 440 g/mol. The molecule has 0 N–H and O–H groups in total. The Morgan fingerprint density at radius 1 is 1.12 bits per heavy atom. The standard InChI is InChI=1S/C28H30N4OS/c1-4-9-21-15-14-20(17-29-21)26-22-11-8-12-23-28(34-25(30-23)16-18(3)33)27(22)32(31-26)24-13-7-6-10-19(24)5-2/h6-7,10,13-15,17H,4-5,8-9,11-12,16H2,1-3H3. The van der Waals surface area contributed by atoms with E-state index in [0.29, 0.717) is 6.42 Å². The monoisotopic (exact) mass is 470 g/mol. The van der Waals surface area contributed by atoms with Gasteiger partial charge in [-0.05, 0) is 62.8 Å². The van der Waals surface area contributed by atoms with E-state index in [1.54, 1.807) is 18.3 Å². The molecule has 4 aromatic rings. The third-order valence-electron chi connectivity index (χ3n) is 6.39. The van der Waals surface area contributed by atoms with Crippen LogP contribution in [0.5, 0.6) is 0 Å². The van der Waals surface area contributed by atoms with Gasteiger partial charge in [-0.1, -0.05) is 38.5 Å². The second kappa shape index (κ2) is 9.63. The first-order valence-electron chi connectivity index (χ1n) is 12.2. The van der Waals surface area contributed by atoms with E-state index in [9.17, 15) is 4.79 Å². The van der Waals surface area contributed by atoms with Gasteiger partial charge in [-0.15, -0.1) is 11.3 Å². The molecule has 34 heavy (non-hydrogen) atoms. The predicted molar refractivity (Wildman–Crippen MR) is 138 cm³/mol. The Bertz CT molecular complexity index is 1330. The van der Waals surface area contributed by atoms with Crippen LogP contribution in [0.15, 0.2) is 42.6 Å². The lowest BCUT2D eigenvalue weighted by Gasteiger charge is -2.11. The van der Waals surface area contributed by atoms with Crippen LogP contribution in [0.2, 0.25) is 0 Å². The number of rotatable bonds is 7. The van der Waals surface area contributed by atoms with Gasteiger partial charge in [0.25, 0.3) is 0 Å². The van der Waals surface area contributed by atoms with Crippen LogP contribution in [0, 0.1) is 0 Å². The molecule has 1 aliphatic rings. The zero-order valence-electron chi connectivity index (χ0n) is 20.1. The Labute approximate surface area is 204 Å². The maximum atomic E-state index is 11.8. The number of fused-ring (bicyclic) bond motifs is 3. The maximum Gasteiger partial charge on any atom is 0.136 e. The zero-order valence-corrected chi connectivity index (χ0v) is 20.9. The summed E-state index contributed by atoms with van der Waals surface area (Å²) in [6.07, 6.45) is 8.24. The molecule has 6 heteroatoms. The third kappa shape index (κ3) is 4.23. The largest absolute Gasteiger partial charge is 0.300 e. The molecule has 0 radical (unpaired) electrons. The quantitative estimate of drug-likeness (QED) is 0.323. The van der Waals surface area contributed by atoms with Gasteiger partial charge in [0.1, 0.15) is 10.8 Å². The summed E-state index contributed by atoms with van der Waals surface area (Å²) in [6.45, 7) is 5.99. The zero-order chi connectivity index (χ0) is 23.7. The minimum Gasteiger partial charge on any atom is -0.300 e. The fraction of sp³-hybridized carbons (Fsp3) is 0.357. The molecule has 5 rings (SSSR count). The first kappa shape index (κ1) is 22.7. The maximum absolute atomic E-state index is 11.8. The molecule has 0 saturated heterocycles. The second-order valence-corrected chi connectivity index (χ2v) is 10.1. The number of carbonyl (C=O) groups excluding carboxylic acids is 1. The normalized spacial score (nSPS) is 12.8. The minimum absolute atomic E-state index is 0.146. The number of hydrogen-bond acceptors (Lipinski definition) is 5. The van der Waals surface area contributed by atoms with E-state index in [1.165, 1.54) is 11.1 Å². The molecule has 174 valence electrons. The van der Waals surface area contributed by atoms with Gasteiger partial charge in [0.2, 0.25) is 0 Å². The number of thiazole rings is 1. The number of hydrogen-bond donors (Lipinski definition) is 0. The minimum atomic E-state index is 0.146. The van der Waals surface area contributed by atoms with E-state index < -0.39 is 0 Å². The Hall–Kier alpha value is -3.12. The van der Waals surface area contributed by atoms with Gasteiger partial charge >= 0.3 is 0 Å². The van der Waals surface area contributed by atoms with Crippen LogP contribution >= 0.6 is 11.3 Å².